The predicted molar refractivity (Wildman–Crippen MR) is 97.6 cm³/mol. The number of nitrogens with zero attached hydrogens (tertiary/aromatic N) is 2. The molecule has 0 unspecified atom stereocenters. The van der Waals surface area contributed by atoms with Gasteiger partial charge in [-0.3, -0.25) is 9.78 Å². The van der Waals surface area contributed by atoms with Crippen molar-refractivity contribution in [1.29, 1.82) is 0 Å². The van der Waals surface area contributed by atoms with Crippen LogP contribution in [0.5, 0.6) is 0 Å². The molecule has 26 heavy (non-hydrogen) atoms. The maximum Gasteiger partial charge on any atom is 0.248 e. The van der Waals surface area contributed by atoms with E-state index in [-0.39, 0.29) is 17.3 Å². The van der Waals surface area contributed by atoms with E-state index in [1.54, 1.807) is 37.4 Å². The number of aromatic nitrogens is 2. The molecule has 2 heterocycles. The standard InChI is InChI=1S/C18H19N3O4S/c1-2-26(24,25)14-4-5-15(20-10-14)17(11-22)21-8-7-12-9-13(18(19)23)3-6-16(12)21/h3-10,17,22H,2,11H2,1H3,(H2,19,23)/t17-/m0/s1. The Hall–Kier alpha value is -2.71. The molecule has 136 valence electrons. The minimum absolute atomic E-state index is 0.00187. The number of carbonyl (C=O) groups excluding carboxylic acids is 1. The number of hydrogen-bond donors (Lipinski definition) is 2. The molecule has 3 aromatic rings. The Morgan fingerprint density at radius 2 is 2.04 bits per heavy atom. The van der Waals surface area contributed by atoms with E-state index in [1.807, 2.05) is 10.6 Å². The number of sulfone groups is 1. The minimum atomic E-state index is -3.32. The van der Waals surface area contributed by atoms with E-state index in [1.165, 1.54) is 12.3 Å². The van der Waals surface area contributed by atoms with E-state index >= 15 is 0 Å². The van der Waals surface area contributed by atoms with Gasteiger partial charge in [0.05, 0.1) is 29.0 Å². The maximum absolute atomic E-state index is 11.9. The van der Waals surface area contributed by atoms with Gasteiger partial charge in [0.15, 0.2) is 9.84 Å². The van der Waals surface area contributed by atoms with Crippen molar-refractivity contribution in [3.8, 4) is 0 Å². The van der Waals surface area contributed by atoms with Gasteiger partial charge in [-0.15, -0.1) is 0 Å². The average molecular weight is 373 g/mol. The zero-order chi connectivity index (χ0) is 18.9. The Morgan fingerprint density at radius 3 is 2.62 bits per heavy atom. The minimum Gasteiger partial charge on any atom is -0.394 e. The van der Waals surface area contributed by atoms with Crippen molar-refractivity contribution in [2.75, 3.05) is 12.4 Å². The van der Waals surface area contributed by atoms with Gasteiger partial charge in [0.25, 0.3) is 0 Å². The van der Waals surface area contributed by atoms with Crippen molar-refractivity contribution in [2.24, 2.45) is 5.73 Å². The summed E-state index contributed by atoms with van der Waals surface area (Å²) in [5.74, 6) is -0.505. The third-order valence-electron chi connectivity index (χ3n) is 4.35. The molecule has 0 saturated heterocycles. The lowest BCUT2D eigenvalue weighted by molar-refractivity contribution is 0.100. The van der Waals surface area contributed by atoms with Crippen LogP contribution in [-0.2, 0) is 9.84 Å². The van der Waals surface area contributed by atoms with Crippen LogP contribution in [0.4, 0.5) is 0 Å². The molecule has 0 bridgehead atoms. The molecular formula is C18H19N3O4S. The Morgan fingerprint density at radius 1 is 1.27 bits per heavy atom. The summed E-state index contributed by atoms with van der Waals surface area (Å²) >= 11 is 0. The number of nitrogens with two attached hydrogens (primary N) is 1. The normalized spacial score (nSPS) is 13.0. The largest absolute Gasteiger partial charge is 0.394 e. The van der Waals surface area contributed by atoms with Crippen molar-refractivity contribution in [2.45, 2.75) is 17.9 Å². The first-order valence-corrected chi connectivity index (χ1v) is 9.72. The summed E-state index contributed by atoms with van der Waals surface area (Å²) in [6, 6.07) is 9.51. The summed E-state index contributed by atoms with van der Waals surface area (Å²) in [6.07, 6.45) is 3.10. The molecule has 0 saturated carbocycles. The third kappa shape index (κ3) is 3.21. The molecule has 0 fully saturated rings. The Bertz CT molecular complexity index is 1060. The molecule has 0 radical (unpaired) electrons. The molecule has 7 nitrogen and oxygen atoms in total. The van der Waals surface area contributed by atoms with Crippen LogP contribution in [0, 0.1) is 0 Å². The van der Waals surface area contributed by atoms with E-state index in [0.717, 1.165) is 10.9 Å². The highest BCUT2D eigenvalue weighted by Crippen LogP contribution is 2.25. The summed E-state index contributed by atoms with van der Waals surface area (Å²) in [7, 11) is -3.32. The second-order valence-corrected chi connectivity index (χ2v) is 8.16. The molecule has 2 aromatic heterocycles. The molecule has 0 aliphatic carbocycles. The van der Waals surface area contributed by atoms with Crippen LogP contribution in [-0.4, -0.2) is 41.3 Å². The number of hydrogen-bond acceptors (Lipinski definition) is 5. The Kier molecular flexibility index (Phi) is 4.80. The zero-order valence-corrected chi connectivity index (χ0v) is 15.0. The van der Waals surface area contributed by atoms with E-state index in [0.29, 0.717) is 11.3 Å². The fourth-order valence-corrected chi connectivity index (χ4v) is 3.67. The molecule has 1 aromatic carbocycles. The molecule has 8 heteroatoms. The summed E-state index contributed by atoms with van der Waals surface area (Å²) in [6.45, 7) is 1.36. The lowest BCUT2D eigenvalue weighted by Gasteiger charge is -2.18. The van der Waals surface area contributed by atoms with Crippen molar-refractivity contribution in [3.05, 3.63) is 60.0 Å². The molecule has 1 atom stereocenters. The lowest BCUT2D eigenvalue weighted by atomic mass is 10.1. The first-order valence-electron chi connectivity index (χ1n) is 8.07. The van der Waals surface area contributed by atoms with Crippen molar-refractivity contribution >= 4 is 26.6 Å². The highest BCUT2D eigenvalue weighted by molar-refractivity contribution is 7.91. The van der Waals surface area contributed by atoms with Crippen molar-refractivity contribution < 1.29 is 18.3 Å². The van der Waals surface area contributed by atoms with Gasteiger partial charge in [0, 0.05) is 28.9 Å². The number of primary amides is 1. The number of aliphatic hydroxyl groups excluding tert-OH is 1. The van der Waals surface area contributed by atoms with Crippen molar-refractivity contribution in [1.82, 2.24) is 9.55 Å². The average Bonchev–Trinajstić information content (AvgIpc) is 3.06. The van der Waals surface area contributed by atoms with Gasteiger partial charge in [-0.2, -0.15) is 0 Å². The molecule has 1 amide bonds. The number of benzene rings is 1. The van der Waals surface area contributed by atoms with Gasteiger partial charge in [-0.1, -0.05) is 6.92 Å². The van der Waals surface area contributed by atoms with Gasteiger partial charge >= 0.3 is 0 Å². The number of aliphatic hydroxyl groups is 1. The summed E-state index contributed by atoms with van der Waals surface area (Å²) in [4.78, 5) is 15.7. The van der Waals surface area contributed by atoms with Crippen LogP contribution in [0.2, 0.25) is 0 Å². The van der Waals surface area contributed by atoms with E-state index in [4.69, 9.17) is 5.73 Å². The highest BCUT2D eigenvalue weighted by atomic mass is 32.2. The van der Waals surface area contributed by atoms with Crippen molar-refractivity contribution in [3.63, 3.8) is 0 Å². The topological polar surface area (TPSA) is 115 Å². The second kappa shape index (κ2) is 6.89. The highest BCUT2D eigenvalue weighted by Gasteiger charge is 2.18. The van der Waals surface area contributed by atoms with Gasteiger partial charge < -0.3 is 15.4 Å². The van der Waals surface area contributed by atoms with Crippen LogP contribution < -0.4 is 5.73 Å². The monoisotopic (exact) mass is 373 g/mol. The molecular weight excluding hydrogens is 354 g/mol. The maximum atomic E-state index is 11.9. The fraction of sp³-hybridized carbons (Fsp3) is 0.222. The predicted octanol–water partition coefficient (Wildman–Crippen LogP) is 1.51. The summed E-state index contributed by atoms with van der Waals surface area (Å²) in [5, 5.41) is 10.7. The number of pyridine rings is 1. The molecule has 3 N–H and O–H groups in total. The Labute approximate surface area is 151 Å². The lowest BCUT2D eigenvalue weighted by Crippen LogP contribution is -2.16. The fourth-order valence-electron chi connectivity index (χ4n) is 2.85. The van der Waals surface area contributed by atoms with Gasteiger partial charge in [0.1, 0.15) is 0 Å². The van der Waals surface area contributed by atoms with Crippen LogP contribution in [0.25, 0.3) is 10.9 Å². The molecule has 3 rings (SSSR count). The second-order valence-electron chi connectivity index (χ2n) is 5.88. The molecule has 0 aliphatic heterocycles. The van der Waals surface area contributed by atoms with Gasteiger partial charge in [0.2, 0.25) is 5.91 Å². The number of amides is 1. The number of rotatable bonds is 6. The van der Waals surface area contributed by atoms with Gasteiger partial charge in [-0.25, -0.2) is 8.42 Å². The zero-order valence-electron chi connectivity index (χ0n) is 14.2. The SMILES string of the molecule is CCS(=O)(=O)c1ccc([C@H](CO)n2ccc3cc(C(N)=O)ccc32)nc1. The molecule has 0 aliphatic rings. The first-order chi connectivity index (χ1) is 12.4. The first kappa shape index (κ1) is 18.1. The Balaban J connectivity index is 2.01. The van der Waals surface area contributed by atoms with Crippen LogP contribution in [0.1, 0.15) is 29.0 Å². The van der Waals surface area contributed by atoms with Crippen LogP contribution in [0.3, 0.4) is 0 Å². The number of carbonyl (C=O) groups is 1. The quantitative estimate of drug-likeness (QED) is 0.679. The van der Waals surface area contributed by atoms with Gasteiger partial charge in [-0.05, 0) is 36.4 Å². The molecule has 0 spiro atoms. The smallest absolute Gasteiger partial charge is 0.248 e. The number of fused-ring (bicyclic) bond motifs is 1. The third-order valence-corrected chi connectivity index (χ3v) is 6.07. The van der Waals surface area contributed by atoms with Crippen LogP contribution >= 0.6 is 0 Å². The summed E-state index contributed by atoms with van der Waals surface area (Å²) in [5.41, 5.74) is 7.06. The van der Waals surface area contributed by atoms with E-state index in [9.17, 15) is 18.3 Å². The summed E-state index contributed by atoms with van der Waals surface area (Å²) < 4.78 is 25.6. The van der Waals surface area contributed by atoms with E-state index < -0.39 is 21.8 Å². The van der Waals surface area contributed by atoms with E-state index in [2.05, 4.69) is 4.98 Å². The van der Waals surface area contributed by atoms with Crippen LogP contribution in [0.15, 0.2) is 53.7 Å².